The van der Waals surface area contributed by atoms with E-state index >= 15 is 0 Å². The van der Waals surface area contributed by atoms with Crippen molar-refractivity contribution < 1.29 is 19.4 Å². The molecule has 0 unspecified atom stereocenters. The standard InChI is InChI=1S/C18H14N2O5/c1-10(19-20-18(24)12-2-6-13(21)7-3-12)16-14(22)8-4-11-5-9-15(23)25-17(11)16/h2-9,21-22H,1H3,(H,20,24)/b19-10+. The number of benzene rings is 2. The Labute approximate surface area is 141 Å². The number of hydrazone groups is 1. The zero-order chi connectivity index (χ0) is 18.0. The smallest absolute Gasteiger partial charge is 0.336 e. The van der Waals surface area contributed by atoms with E-state index in [0.29, 0.717) is 10.9 Å². The molecule has 1 aromatic heterocycles. The van der Waals surface area contributed by atoms with Crippen LogP contribution in [0.25, 0.3) is 11.0 Å². The maximum Gasteiger partial charge on any atom is 0.336 e. The maximum atomic E-state index is 12.1. The lowest BCUT2D eigenvalue weighted by Crippen LogP contribution is -2.19. The molecule has 1 amide bonds. The van der Waals surface area contributed by atoms with Gasteiger partial charge in [-0.25, -0.2) is 10.2 Å². The molecule has 0 spiro atoms. The Morgan fingerprint density at radius 2 is 1.72 bits per heavy atom. The highest BCUT2D eigenvalue weighted by Gasteiger charge is 2.14. The third kappa shape index (κ3) is 3.35. The molecule has 3 aromatic rings. The van der Waals surface area contributed by atoms with Gasteiger partial charge < -0.3 is 14.6 Å². The van der Waals surface area contributed by atoms with Crippen molar-refractivity contribution in [3.63, 3.8) is 0 Å². The molecular weight excluding hydrogens is 324 g/mol. The number of nitrogens with zero attached hydrogens (tertiary/aromatic N) is 1. The first-order chi connectivity index (χ1) is 12.0. The summed E-state index contributed by atoms with van der Waals surface area (Å²) in [5.41, 5.74) is 2.79. The first-order valence-electron chi connectivity index (χ1n) is 7.35. The minimum Gasteiger partial charge on any atom is -0.508 e. The van der Waals surface area contributed by atoms with Crippen LogP contribution in [0.1, 0.15) is 22.8 Å². The number of carbonyl (C=O) groups excluding carboxylic acids is 1. The molecule has 126 valence electrons. The van der Waals surface area contributed by atoms with Gasteiger partial charge in [0.05, 0.1) is 11.3 Å². The summed E-state index contributed by atoms with van der Waals surface area (Å²) in [5, 5.41) is 23.9. The monoisotopic (exact) mass is 338 g/mol. The van der Waals surface area contributed by atoms with E-state index in [9.17, 15) is 19.8 Å². The van der Waals surface area contributed by atoms with Gasteiger partial charge in [-0.1, -0.05) is 0 Å². The Kier molecular flexibility index (Phi) is 4.21. The molecule has 2 aromatic carbocycles. The van der Waals surface area contributed by atoms with E-state index in [-0.39, 0.29) is 28.4 Å². The molecule has 0 saturated heterocycles. The minimum atomic E-state index is -0.555. The third-order valence-electron chi connectivity index (χ3n) is 3.58. The number of rotatable bonds is 3. The van der Waals surface area contributed by atoms with Crippen molar-refractivity contribution in [3.05, 3.63) is 70.1 Å². The van der Waals surface area contributed by atoms with Crippen LogP contribution in [-0.2, 0) is 0 Å². The summed E-state index contributed by atoms with van der Waals surface area (Å²) in [5.74, 6) is -0.561. The summed E-state index contributed by atoms with van der Waals surface area (Å²) in [7, 11) is 0. The van der Waals surface area contributed by atoms with Crippen LogP contribution in [0.3, 0.4) is 0 Å². The average Bonchev–Trinajstić information content (AvgIpc) is 2.59. The van der Waals surface area contributed by atoms with Crippen molar-refractivity contribution in [3.8, 4) is 11.5 Å². The van der Waals surface area contributed by atoms with E-state index in [1.807, 2.05) is 0 Å². The second-order valence-corrected chi connectivity index (χ2v) is 5.32. The van der Waals surface area contributed by atoms with E-state index in [4.69, 9.17) is 4.42 Å². The molecule has 25 heavy (non-hydrogen) atoms. The molecule has 0 fully saturated rings. The molecule has 0 atom stereocenters. The number of fused-ring (bicyclic) bond motifs is 1. The van der Waals surface area contributed by atoms with Gasteiger partial charge in [-0.3, -0.25) is 4.79 Å². The highest BCUT2D eigenvalue weighted by Crippen LogP contribution is 2.26. The molecule has 7 heteroatoms. The number of amides is 1. The third-order valence-corrected chi connectivity index (χ3v) is 3.58. The number of carbonyl (C=O) groups is 1. The van der Waals surface area contributed by atoms with Crippen LogP contribution in [-0.4, -0.2) is 21.8 Å². The molecule has 0 radical (unpaired) electrons. The van der Waals surface area contributed by atoms with Gasteiger partial charge in [0, 0.05) is 17.0 Å². The lowest BCUT2D eigenvalue weighted by molar-refractivity contribution is 0.0955. The van der Waals surface area contributed by atoms with Gasteiger partial charge in [0.1, 0.15) is 11.5 Å². The Morgan fingerprint density at radius 1 is 1.04 bits per heavy atom. The van der Waals surface area contributed by atoms with Gasteiger partial charge in [0.15, 0.2) is 5.58 Å². The van der Waals surface area contributed by atoms with Gasteiger partial charge >= 0.3 is 5.63 Å². The topological polar surface area (TPSA) is 112 Å². The summed E-state index contributed by atoms with van der Waals surface area (Å²) < 4.78 is 5.16. The molecule has 7 nitrogen and oxygen atoms in total. The first kappa shape index (κ1) is 16.3. The van der Waals surface area contributed by atoms with Crippen LogP contribution >= 0.6 is 0 Å². The Balaban J connectivity index is 1.95. The summed E-state index contributed by atoms with van der Waals surface area (Å²) >= 11 is 0. The summed E-state index contributed by atoms with van der Waals surface area (Å²) in [6.07, 6.45) is 0. The van der Waals surface area contributed by atoms with E-state index in [0.717, 1.165) is 0 Å². The number of aromatic hydroxyl groups is 2. The van der Waals surface area contributed by atoms with Crippen molar-refractivity contribution in [2.75, 3.05) is 0 Å². The molecule has 0 bridgehead atoms. The zero-order valence-electron chi connectivity index (χ0n) is 13.2. The van der Waals surface area contributed by atoms with Crippen LogP contribution in [0, 0.1) is 0 Å². The number of hydrogen-bond donors (Lipinski definition) is 3. The molecule has 1 heterocycles. The van der Waals surface area contributed by atoms with Gasteiger partial charge in [-0.2, -0.15) is 5.10 Å². The van der Waals surface area contributed by atoms with E-state index in [1.54, 1.807) is 19.1 Å². The molecular formula is C18H14N2O5. The fraction of sp³-hybridized carbons (Fsp3) is 0.0556. The van der Waals surface area contributed by atoms with Gasteiger partial charge in [0.2, 0.25) is 0 Å². The highest BCUT2D eigenvalue weighted by atomic mass is 16.4. The number of hydrogen-bond acceptors (Lipinski definition) is 6. The fourth-order valence-electron chi connectivity index (χ4n) is 2.34. The number of phenols is 2. The molecule has 3 N–H and O–H groups in total. The van der Waals surface area contributed by atoms with Gasteiger partial charge in [0.25, 0.3) is 5.91 Å². The van der Waals surface area contributed by atoms with Crippen LogP contribution in [0.5, 0.6) is 11.5 Å². The van der Waals surface area contributed by atoms with Crippen LogP contribution in [0.2, 0.25) is 0 Å². The SMILES string of the molecule is C/C(=N\NC(=O)c1ccc(O)cc1)c1c(O)ccc2ccc(=O)oc12. The van der Waals surface area contributed by atoms with E-state index in [1.165, 1.54) is 36.4 Å². The molecule has 0 aliphatic carbocycles. The second-order valence-electron chi connectivity index (χ2n) is 5.32. The normalized spacial score (nSPS) is 11.5. The van der Waals surface area contributed by atoms with Crippen molar-refractivity contribution in [1.29, 1.82) is 0 Å². The van der Waals surface area contributed by atoms with E-state index < -0.39 is 11.5 Å². The van der Waals surface area contributed by atoms with Gasteiger partial charge in [-0.05, 0) is 49.4 Å². The average molecular weight is 338 g/mol. The summed E-state index contributed by atoms with van der Waals surface area (Å²) in [4.78, 5) is 23.5. The predicted molar refractivity (Wildman–Crippen MR) is 91.9 cm³/mol. The van der Waals surface area contributed by atoms with Crippen molar-refractivity contribution in [2.24, 2.45) is 5.10 Å². The molecule has 0 saturated carbocycles. The summed E-state index contributed by atoms with van der Waals surface area (Å²) in [6, 6.07) is 11.6. The number of phenolic OH excluding ortho intramolecular Hbond substituents is 2. The Morgan fingerprint density at radius 3 is 2.44 bits per heavy atom. The predicted octanol–water partition coefficient (Wildman–Crippen LogP) is 2.36. The largest absolute Gasteiger partial charge is 0.508 e. The molecule has 0 aliphatic heterocycles. The van der Waals surface area contributed by atoms with Crippen LogP contribution < -0.4 is 11.1 Å². The maximum absolute atomic E-state index is 12.1. The minimum absolute atomic E-state index is 0.0481. The first-order valence-corrected chi connectivity index (χ1v) is 7.35. The van der Waals surface area contributed by atoms with Crippen molar-refractivity contribution in [2.45, 2.75) is 6.92 Å². The zero-order valence-corrected chi connectivity index (χ0v) is 13.2. The van der Waals surface area contributed by atoms with E-state index in [2.05, 4.69) is 10.5 Å². The Bertz CT molecular complexity index is 1040. The lowest BCUT2D eigenvalue weighted by atomic mass is 10.1. The summed E-state index contributed by atoms with van der Waals surface area (Å²) in [6.45, 7) is 1.57. The second kappa shape index (κ2) is 6.48. The van der Waals surface area contributed by atoms with Crippen molar-refractivity contribution in [1.82, 2.24) is 5.43 Å². The van der Waals surface area contributed by atoms with Crippen LogP contribution in [0.4, 0.5) is 0 Å². The van der Waals surface area contributed by atoms with Gasteiger partial charge in [-0.15, -0.1) is 0 Å². The Hall–Kier alpha value is -3.61. The van der Waals surface area contributed by atoms with Crippen molar-refractivity contribution >= 4 is 22.6 Å². The fourth-order valence-corrected chi connectivity index (χ4v) is 2.34. The lowest BCUT2D eigenvalue weighted by Gasteiger charge is -2.08. The highest BCUT2D eigenvalue weighted by molar-refractivity contribution is 6.10. The quantitative estimate of drug-likeness (QED) is 0.385. The number of nitrogens with one attached hydrogen (secondary N) is 1. The van der Waals surface area contributed by atoms with Crippen LogP contribution in [0.15, 0.2) is 62.8 Å². The molecule has 3 rings (SSSR count). The molecule has 0 aliphatic rings.